The van der Waals surface area contributed by atoms with Crippen molar-refractivity contribution in [2.45, 2.75) is 0 Å². The maximum atomic E-state index is 7.41. The summed E-state index contributed by atoms with van der Waals surface area (Å²) in [5, 5.41) is 7.41. The van der Waals surface area contributed by atoms with Crippen LogP contribution in [0, 0.1) is 5.41 Å². The zero-order valence-electron chi connectivity index (χ0n) is 6.40. The number of hydrogen-bond acceptors (Lipinski definition) is 2. The molecule has 0 amide bonds. The number of hydrogen-bond donors (Lipinski definition) is 1. The quantitative estimate of drug-likeness (QED) is 0.626. The molecule has 12 heavy (non-hydrogen) atoms. The van der Waals surface area contributed by atoms with E-state index in [9.17, 15) is 0 Å². The molecule has 0 aliphatic heterocycles. The summed E-state index contributed by atoms with van der Waals surface area (Å²) in [6, 6.07) is 5.57. The number of nitrogens with one attached hydrogen (secondary N) is 1. The molecule has 1 rings (SSSR count). The summed E-state index contributed by atoms with van der Waals surface area (Å²) in [5.74, 6) is 0.164. The van der Waals surface area contributed by atoms with Crippen molar-refractivity contribution in [2.75, 3.05) is 7.11 Å². The molecule has 0 spiro atoms. The fourth-order valence-corrected chi connectivity index (χ4v) is 2.10. The summed E-state index contributed by atoms with van der Waals surface area (Å²) in [7, 11) is 1.48. The van der Waals surface area contributed by atoms with Crippen molar-refractivity contribution in [2.24, 2.45) is 0 Å². The van der Waals surface area contributed by atoms with Gasteiger partial charge in [-0.2, -0.15) is 0 Å². The van der Waals surface area contributed by atoms with Crippen LogP contribution in [-0.4, -0.2) is 13.0 Å². The SMILES string of the molecule is COC(=N)c1cc(Br)cc(Br)c1. The van der Waals surface area contributed by atoms with Crippen molar-refractivity contribution < 1.29 is 4.74 Å². The molecule has 0 heterocycles. The Labute approximate surface area is 87.7 Å². The number of ether oxygens (including phenoxy) is 1. The highest BCUT2D eigenvalue weighted by molar-refractivity contribution is 9.11. The molecule has 64 valence electrons. The van der Waals surface area contributed by atoms with Gasteiger partial charge in [-0.25, -0.2) is 0 Å². The third-order valence-electron chi connectivity index (χ3n) is 1.33. The summed E-state index contributed by atoms with van der Waals surface area (Å²) in [6.07, 6.45) is 0. The second-order valence-corrected chi connectivity index (χ2v) is 4.02. The normalized spacial score (nSPS) is 9.58. The lowest BCUT2D eigenvalue weighted by molar-refractivity contribution is 0.401. The standard InChI is InChI=1S/C8H7Br2NO/c1-12-8(11)5-2-6(9)4-7(10)3-5/h2-4,11H,1H3. The molecule has 2 nitrogen and oxygen atoms in total. The highest BCUT2D eigenvalue weighted by Gasteiger charge is 2.02. The highest BCUT2D eigenvalue weighted by Crippen LogP contribution is 2.20. The van der Waals surface area contributed by atoms with Crippen LogP contribution in [-0.2, 0) is 4.74 Å². The van der Waals surface area contributed by atoms with E-state index in [4.69, 9.17) is 10.1 Å². The summed E-state index contributed by atoms with van der Waals surface area (Å²) in [6.45, 7) is 0. The first kappa shape index (κ1) is 9.74. The molecule has 0 unspecified atom stereocenters. The van der Waals surface area contributed by atoms with Crippen molar-refractivity contribution in [1.29, 1.82) is 5.41 Å². The van der Waals surface area contributed by atoms with Crippen LogP contribution in [0.15, 0.2) is 27.1 Å². The van der Waals surface area contributed by atoms with Gasteiger partial charge < -0.3 is 4.74 Å². The molecule has 1 aromatic carbocycles. The van der Waals surface area contributed by atoms with E-state index < -0.39 is 0 Å². The maximum absolute atomic E-state index is 7.41. The lowest BCUT2D eigenvalue weighted by Crippen LogP contribution is -2.00. The second kappa shape index (κ2) is 4.05. The zero-order valence-corrected chi connectivity index (χ0v) is 9.57. The maximum Gasteiger partial charge on any atom is 0.212 e. The van der Waals surface area contributed by atoms with E-state index in [1.807, 2.05) is 18.2 Å². The average Bonchev–Trinajstić information content (AvgIpc) is 2.01. The van der Waals surface area contributed by atoms with Crippen LogP contribution in [0.3, 0.4) is 0 Å². The van der Waals surface area contributed by atoms with Crippen molar-refractivity contribution >= 4 is 37.8 Å². The topological polar surface area (TPSA) is 33.1 Å². The lowest BCUT2D eigenvalue weighted by atomic mass is 10.2. The second-order valence-electron chi connectivity index (χ2n) is 2.19. The van der Waals surface area contributed by atoms with Gasteiger partial charge >= 0.3 is 0 Å². The number of benzene rings is 1. The Balaban J connectivity index is 3.08. The summed E-state index contributed by atoms with van der Waals surface area (Å²) in [5.41, 5.74) is 0.749. The lowest BCUT2D eigenvalue weighted by Gasteiger charge is -2.03. The molecule has 0 fully saturated rings. The van der Waals surface area contributed by atoms with Crippen LogP contribution in [0.2, 0.25) is 0 Å². The minimum atomic E-state index is 0.164. The molecule has 0 radical (unpaired) electrons. The minimum absolute atomic E-state index is 0.164. The first-order valence-electron chi connectivity index (χ1n) is 3.22. The Morgan fingerprint density at radius 1 is 1.25 bits per heavy atom. The average molecular weight is 293 g/mol. The van der Waals surface area contributed by atoms with E-state index in [1.165, 1.54) is 7.11 Å². The van der Waals surface area contributed by atoms with Gasteiger partial charge in [-0.05, 0) is 18.2 Å². The molecule has 4 heteroatoms. The Hall–Kier alpha value is -0.350. The van der Waals surface area contributed by atoms with Crippen LogP contribution in [0.5, 0.6) is 0 Å². The van der Waals surface area contributed by atoms with E-state index in [0.717, 1.165) is 14.5 Å². The van der Waals surface area contributed by atoms with Crippen LogP contribution < -0.4 is 0 Å². The summed E-state index contributed by atoms with van der Waals surface area (Å²) >= 11 is 6.66. The van der Waals surface area contributed by atoms with Gasteiger partial charge in [0.2, 0.25) is 5.90 Å². The summed E-state index contributed by atoms with van der Waals surface area (Å²) in [4.78, 5) is 0. The Bertz CT molecular complexity index is 292. The third-order valence-corrected chi connectivity index (χ3v) is 2.24. The zero-order chi connectivity index (χ0) is 9.14. The van der Waals surface area contributed by atoms with Crippen molar-refractivity contribution in [3.8, 4) is 0 Å². The first-order valence-corrected chi connectivity index (χ1v) is 4.81. The molecule has 0 saturated heterocycles. The number of halogens is 2. The van der Waals surface area contributed by atoms with Crippen molar-refractivity contribution in [3.05, 3.63) is 32.7 Å². The minimum Gasteiger partial charge on any atom is -0.481 e. The van der Waals surface area contributed by atoms with Gasteiger partial charge in [-0.3, -0.25) is 5.41 Å². The van der Waals surface area contributed by atoms with E-state index in [-0.39, 0.29) is 5.90 Å². The fourth-order valence-electron chi connectivity index (χ4n) is 0.803. The molecule has 1 N–H and O–H groups in total. The Morgan fingerprint density at radius 3 is 2.17 bits per heavy atom. The van der Waals surface area contributed by atoms with E-state index in [2.05, 4.69) is 31.9 Å². The molecular weight excluding hydrogens is 286 g/mol. The number of rotatable bonds is 1. The van der Waals surface area contributed by atoms with E-state index in [0.29, 0.717) is 0 Å². The van der Waals surface area contributed by atoms with Crippen molar-refractivity contribution in [1.82, 2.24) is 0 Å². The smallest absolute Gasteiger partial charge is 0.212 e. The van der Waals surface area contributed by atoms with Gasteiger partial charge in [0.1, 0.15) is 0 Å². The van der Waals surface area contributed by atoms with Crippen molar-refractivity contribution in [3.63, 3.8) is 0 Å². The number of methoxy groups -OCH3 is 1. The van der Waals surface area contributed by atoms with Gasteiger partial charge in [0.25, 0.3) is 0 Å². The molecule has 0 bridgehead atoms. The molecule has 0 aliphatic rings. The Kier molecular flexibility index (Phi) is 3.29. The van der Waals surface area contributed by atoms with Crippen LogP contribution in [0.4, 0.5) is 0 Å². The van der Waals surface area contributed by atoms with Gasteiger partial charge in [0, 0.05) is 14.5 Å². The monoisotopic (exact) mass is 291 g/mol. The highest BCUT2D eigenvalue weighted by atomic mass is 79.9. The molecule has 0 saturated carbocycles. The molecule has 1 aromatic rings. The Morgan fingerprint density at radius 2 is 1.75 bits per heavy atom. The van der Waals surface area contributed by atoms with Gasteiger partial charge in [0.15, 0.2) is 0 Å². The van der Waals surface area contributed by atoms with Gasteiger partial charge in [-0.1, -0.05) is 31.9 Å². The van der Waals surface area contributed by atoms with Crippen LogP contribution in [0.1, 0.15) is 5.56 Å². The van der Waals surface area contributed by atoms with Crippen LogP contribution in [0.25, 0.3) is 0 Å². The largest absolute Gasteiger partial charge is 0.481 e. The molecule has 0 aliphatic carbocycles. The first-order chi connectivity index (χ1) is 5.63. The van der Waals surface area contributed by atoms with Crippen LogP contribution >= 0.6 is 31.9 Å². The molecule has 0 atom stereocenters. The van der Waals surface area contributed by atoms with Gasteiger partial charge in [0.05, 0.1) is 7.11 Å². The fraction of sp³-hybridized carbons (Fsp3) is 0.125. The molecule has 0 aromatic heterocycles. The summed E-state index contributed by atoms with van der Waals surface area (Å²) < 4.78 is 6.64. The third kappa shape index (κ3) is 2.32. The predicted molar refractivity (Wildman–Crippen MR) is 55.7 cm³/mol. The van der Waals surface area contributed by atoms with E-state index >= 15 is 0 Å². The van der Waals surface area contributed by atoms with Gasteiger partial charge in [-0.15, -0.1) is 0 Å². The van der Waals surface area contributed by atoms with E-state index in [1.54, 1.807) is 0 Å². The molecular formula is C8H7Br2NO. The predicted octanol–water partition coefficient (Wildman–Crippen LogP) is 3.18.